The Balaban J connectivity index is 1.73. The molecular weight excluding hydrogens is 439 g/mol. The van der Waals surface area contributed by atoms with Gasteiger partial charge in [-0.15, -0.1) is 0 Å². The molecule has 0 atom stereocenters. The number of piperidine rings is 1. The number of aromatic nitrogens is 1. The second kappa shape index (κ2) is 9.86. The first-order valence-electron chi connectivity index (χ1n) is 11.4. The number of aryl methyl sites for hydroxylation is 1. The summed E-state index contributed by atoms with van der Waals surface area (Å²) in [6.45, 7) is 12.2. The summed E-state index contributed by atoms with van der Waals surface area (Å²) in [5.41, 5.74) is 0.426. The van der Waals surface area contributed by atoms with Gasteiger partial charge in [0.05, 0.1) is 12.1 Å². The van der Waals surface area contributed by atoms with Gasteiger partial charge in [-0.1, -0.05) is 54.4 Å². The van der Waals surface area contributed by atoms with Gasteiger partial charge in [0.25, 0.3) is 11.2 Å². The molecule has 3 aromatic rings. The minimum atomic E-state index is -4.80. The minimum absolute atomic E-state index is 0.0762. The number of rotatable bonds is 5. The molecule has 0 aliphatic carbocycles. The van der Waals surface area contributed by atoms with Crippen molar-refractivity contribution in [2.45, 2.75) is 45.5 Å². The quantitative estimate of drug-likeness (QED) is 0.407. The second-order valence-corrected chi connectivity index (χ2v) is 8.82. The number of pyridine rings is 1. The Kier molecular flexibility index (Phi) is 6.90. The number of alkyl halides is 3. The van der Waals surface area contributed by atoms with Crippen molar-refractivity contribution in [2.24, 2.45) is 0 Å². The van der Waals surface area contributed by atoms with Gasteiger partial charge in [0.1, 0.15) is 0 Å². The fourth-order valence-electron chi connectivity index (χ4n) is 4.47. The monoisotopic (exact) mass is 465 g/mol. The average Bonchev–Trinajstić information content (AvgIpc) is 2.81. The lowest BCUT2D eigenvalue weighted by atomic mass is 10.0. The Bertz CT molecular complexity index is 1260. The third-order valence-corrected chi connectivity index (χ3v) is 6.22. The Morgan fingerprint density at radius 2 is 1.59 bits per heavy atom. The maximum Gasteiger partial charge on any atom is 0.407 e. The first kappa shape index (κ1) is 23.8. The van der Waals surface area contributed by atoms with Crippen LogP contribution in [0.4, 0.5) is 18.9 Å². The fraction of sp³-hybridized carbons (Fsp3) is 0.333. The molecule has 7 heteroatoms. The highest BCUT2D eigenvalue weighted by atomic mass is 19.4. The van der Waals surface area contributed by atoms with Gasteiger partial charge >= 0.3 is 6.18 Å². The Morgan fingerprint density at radius 3 is 2.18 bits per heavy atom. The van der Waals surface area contributed by atoms with Crippen LogP contribution in [0.5, 0.6) is 0 Å². The highest BCUT2D eigenvalue weighted by Gasteiger charge is 2.36. The standard InChI is InChI=1S/C27H26F3N3O/c1-19-7-6-8-22(15-19)24-16-23(27(28,29)30)25(31-2)26(34)33(24)18-21-11-9-20(10-12-21)17-32-13-4-3-5-14-32/h6-12,15-16H,3-5,13-14,17-18H2,1H3. The summed E-state index contributed by atoms with van der Waals surface area (Å²) in [7, 11) is 0. The van der Waals surface area contributed by atoms with Gasteiger partial charge in [-0.3, -0.25) is 9.69 Å². The molecule has 2 heterocycles. The summed E-state index contributed by atoms with van der Waals surface area (Å²) in [4.78, 5) is 18.5. The maximum atomic E-state index is 13.7. The zero-order valence-corrected chi connectivity index (χ0v) is 19.0. The van der Waals surface area contributed by atoms with E-state index in [0.29, 0.717) is 5.56 Å². The summed E-state index contributed by atoms with van der Waals surface area (Å²) >= 11 is 0. The largest absolute Gasteiger partial charge is 0.407 e. The van der Waals surface area contributed by atoms with Crippen molar-refractivity contribution in [3.63, 3.8) is 0 Å². The molecular formula is C27H26F3N3O. The van der Waals surface area contributed by atoms with E-state index in [0.717, 1.165) is 42.4 Å². The van der Waals surface area contributed by atoms with Gasteiger partial charge in [0, 0.05) is 18.8 Å². The molecule has 4 nitrogen and oxygen atoms in total. The van der Waals surface area contributed by atoms with Crippen LogP contribution in [0, 0.1) is 13.5 Å². The molecule has 0 radical (unpaired) electrons. The number of nitrogens with zero attached hydrogens (tertiary/aromatic N) is 3. The summed E-state index contributed by atoms with van der Waals surface area (Å²) in [5, 5.41) is 0. The topological polar surface area (TPSA) is 29.6 Å². The van der Waals surface area contributed by atoms with Crippen LogP contribution in [-0.4, -0.2) is 22.6 Å². The third-order valence-electron chi connectivity index (χ3n) is 6.22. The molecule has 0 saturated carbocycles. The van der Waals surface area contributed by atoms with Crippen molar-refractivity contribution in [3.05, 3.63) is 98.6 Å². The van der Waals surface area contributed by atoms with Crippen LogP contribution in [0.3, 0.4) is 0 Å². The predicted molar refractivity (Wildman–Crippen MR) is 127 cm³/mol. The van der Waals surface area contributed by atoms with Crippen LogP contribution in [0.2, 0.25) is 0 Å². The first-order chi connectivity index (χ1) is 16.3. The number of benzene rings is 2. The molecule has 176 valence electrons. The summed E-state index contributed by atoms with van der Waals surface area (Å²) in [6, 6.07) is 15.7. The van der Waals surface area contributed by atoms with E-state index in [1.54, 1.807) is 18.2 Å². The summed E-state index contributed by atoms with van der Waals surface area (Å²) in [5.74, 6) is 0. The highest BCUT2D eigenvalue weighted by Crippen LogP contribution is 2.37. The summed E-state index contributed by atoms with van der Waals surface area (Å²) < 4.78 is 42.3. The smallest absolute Gasteiger partial charge is 0.313 e. The molecule has 0 unspecified atom stereocenters. The van der Waals surface area contributed by atoms with Crippen LogP contribution in [0.15, 0.2) is 59.4 Å². The number of halogens is 3. The van der Waals surface area contributed by atoms with E-state index in [2.05, 4.69) is 9.74 Å². The van der Waals surface area contributed by atoms with E-state index in [1.807, 2.05) is 37.3 Å². The lowest BCUT2D eigenvalue weighted by Crippen LogP contribution is -2.29. The molecule has 1 aromatic heterocycles. The van der Waals surface area contributed by atoms with E-state index in [1.165, 1.54) is 23.8 Å². The van der Waals surface area contributed by atoms with Crippen molar-refractivity contribution in [1.29, 1.82) is 0 Å². The van der Waals surface area contributed by atoms with Crippen molar-refractivity contribution >= 4 is 5.69 Å². The molecule has 1 fully saturated rings. The van der Waals surface area contributed by atoms with Gasteiger partial charge < -0.3 is 4.57 Å². The highest BCUT2D eigenvalue weighted by molar-refractivity contribution is 5.66. The Labute approximate surface area is 197 Å². The Morgan fingerprint density at radius 1 is 0.941 bits per heavy atom. The third kappa shape index (κ3) is 5.23. The molecule has 0 amide bonds. The Hall–Kier alpha value is -3.37. The molecule has 34 heavy (non-hydrogen) atoms. The molecule has 1 aliphatic rings. The van der Waals surface area contributed by atoms with Crippen molar-refractivity contribution in [2.75, 3.05) is 13.1 Å². The molecule has 2 aromatic carbocycles. The number of likely N-dealkylation sites (tertiary alicyclic amines) is 1. The normalized spacial score (nSPS) is 14.7. The molecule has 0 N–H and O–H groups in total. The van der Waals surface area contributed by atoms with Crippen LogP contribution >= 0.6 is 0 Å². The molecule has 1 saturated heterocycles. The van der Waals surface area contributed by atoms with Gasteiger partial charge in [-0.2, -0.15) is 13.2 Å². The SMILES string of the molecule is [C-]#[N+]c1c(C(F)(F)F)cc(-c2cccc(C)c2)n(Cc2ccc(CN3CCCCC3)cc2)c1=O. The predicted octanol–water partition coefficient (Wildman–Crippen LogP) is 6.43. The van der Waals surface area contributed by atoms with E-state index >= 15 is 0 Å². The maximum absolute atomic E-state index is 13.7. The summed E-state index contributed by atoms with van der Waals surface area (Å²) in [6.07, 6.45) is -1.11. The van der Waals surface area contributed by atoms with E-state index in [9.17, 15) is 18.0 Å². The van der Waals surface area contributed by atoms with E-state index < -0.39 is 23.0 Å². The average molecular weight is 466 g/mol. The lowest BCUT2D eigenvalue weighted by molar-refractivity contribution is -0.136. The van der Waals surface area contributed by atoms with Crippen LogP contribution in [0.1, 0.15) is 41.5 Å². The molecule has 0 spiro atoms. The van der Waals surface area contributed by atoms with Crippen molar-refractivity contribution < 1.29 is 13.2 Å². The number of hydrogen-bond donors (Lipinski definition) is 0. The van der Waals surface area contributed by atoms with Gasteiger partial charge in [-0.25, -0.2) is 4.85 Å². The van der Waals surface area contributed by atoms with Crippen LogP contribution in [0.25, 0.3) is 16.1 Å². The molecule has 4 rings (SSSR count). The van der Waals surface area contributed by atoms with Crippen molar-refractivity contribution in [1.82, 2.24) is 9.47 Å². The molecule has 0 bridgehead atoms. The minimum Gasteiger partial charge on any atom is -0.313 e. The fourth-order valence-corrected chi connectivity index (χ4v) is 4.47. The zero-order valence-electron chi connectivity index (χ0n) is 19.0. The molecule has 1 aliphatic heterocycles. The van der Waals surface area contributed by atoms with Crippen LogP contribution in [-0.2, 0) is 19.3 Å². The van der Waals surface area contributed by atoms with E-state index in [-0.39, 0.29) is 12.2 Å². The second-order valence-electron chi connectivity index (χ2n) is 8.82. The van der Waals surface area contributed by atoms with Gasteiger partial charge in [0.2, 0.25) is 0 Å². The van der Waals surface area contributed by atoms with Gasteiger partial charge in [0.15, 0.2) is 0 Å². The van der Waals surface area contributed by atoms with Gasteiger partial charge in [-0.05, 0) is 61.7 Å². The first-order valence-corrected chi connectivity index (χ1v) is 11.4. The lowest BCUT2D eigenvalue weighted by Gasteiger charge is -2.26. The van der Waals surface area contributed by atoms with E-state index in [4.69, 9.17) is 6.57 Å². The van der Waals surface area contributed by atoms with Crippen molar-refractivity contribution in [3.8, 4) is 11.3 Å². The van der Waals surface area contributed by atoms with Crippen LogP contribution < -0.4 is 5.56 Å². The number of hydrogen-bond acceptors (Lipinski definition) is 2. The zero-order chi connectivity index (χ0) is 24.3.